The Kier molecular flexibility index (Phi) is 10.2. The molecule has 2 aromatic heterocycles. The fourth-order valence-electron chi connectivity index (χ4n) is 8.72. The molecule has 2 atom stereocenters. The highest BCUT2D eigenvalue weighted by atomic mass is 35.5. The molecule has 280 valence electrons. The Bertz CT molecular complexity index is 2160. The van der Waals surface area contributed by atoms with E-state index in [4.69, 9.17) is 35.6 Å². The van der Waals surface area contributed by atoms with Gasteiger partial charge >= 0.3 is 5.97 Å². The monoisotopic (exact) mass is 742 g/mol. The molecular weight excluding hydrogens is 695 g/mol. The summed E-state index contributed by atoms with van der Waals surface area (Å²) in [6.45, 7) is 10.2. The lowest BCUT2D eigenvalue weighted by atomic mass is 9.94. The minimum Gasteiger partial charge on any atom is -0.493 e. The van der Waals surface area contributed by atoms with E-state index in [1.54, 1.807) is 6.07 Å². The Morgan fingerprint density at radius 2 is 1.87 bits per heavy atom. The number of aryl methyl sites for hydroxylation is 3. The normalized spacial score (nSPS) is 20.4. The molecule has 1 saturated heterocycles. The minimum atomic E-state index is -0.510. The second kappa shape index (κ2) is 15.1. The highest BCUT2D eigenvalue weighted by molar-refractivity contribution is 6.35. The number of morpholine rings is 1. The van der Waals surface area contributed by atoms with Crippen LogP contribution < -0.4 is 4.74 Å². The van der Waals surface area contributed by atoms with Crippen molar-refractivity contribution in [3.05, 3.63) is 82.0 Å². The summed E-state index contributed by atoms with van der Waals surface area (Å²) < 4.78 is 42.7. The molecule has 3 aromatic carbocycles. The first kappa shape index (κ1) is 36.0. The fraction of sp³-hybridized carbons (Fsp3) is 0.476. The van der Waals surface area contributed by atoms with Gasteiger partial charge in [-0.25, -0.2) is 9.18 Å². The summed E-state index contributed by atoms with van der Waals surface area (Å²) in [6, 6.07) is 14.4. The third kappa shape index (κ3) is 6.62. The molecule has 0 bridgehead atoms. The molecule has 0 amide bonds. The van der Waals surface area contributed by atoms with Gasteiger partial charge in [-0.1, -0.05) is 36.7 Å². The standard InChI is InChI=1S/C42H48ClFN4O5/c1-4-34-37-36-33(43)16-15-32-31(11-9-20-52-35-12-8-10-27-24-29(44)13-14-30(27)35)39(41(49)51-5-2)48(38(32)36)17-6-7-21-53-42(40(37)45-46(34)3)25-28(42)26-47-18-22-50-23-19-47/h8,10,12-16,24,28H,4-7,9,11,17-23,25-26H2,1-3H3/t28-,42-/m1/s1. The largest absolute Gasteiger partial charge is 0.493 e. The number of hydrogen-bond acceptors (Lipinski definition) is 7. The Morgan fingerprint density at radius 3 is 2.68 bits per heavy atom. The second-order valence-corrected chi connectivity index (χ2v) is 14.9. The third-order valence-electron chi connectivity index (χ3n) is 11.3. The molecule has 2 aliphatic heterocycles. The van der Waals surface area contributed by atoms with E-state index in [0.29, 0.717) is 55.0 Å². The van der Waals surface area contributed by atoms with Crippen molar-refractivity contribution in [2.75, 3.05) is 52.7 Å². The zero-order chi connectivity index (χ0) is 36.7. The number of benzene rings is 3. The van der Waals surface area contributed by atoms with Gasteiger partial charge in [-0.2, -0.15) is 5.10 Å². The van der Waals surface area contributed by atoms with Crippen molar-refractivity contribution in [3.63, 3.8) is 0 Å². The summed E-state index contributed by atoms with van der Waals surface area (Å²) in [5.41, 5.74) is 5.90. The number of esters is 1. The van der Waals surface area contributed by atoms with Crippen molar-refractivity contribution in [3.8, 4) is 16.9 Å². The average Bonchev–Trinajstić information content (AvgIpc) is 3.60. The number of rotatable bonds is 10. The van der Waals surface area contributed by atoms with Crippen LogP contribution in [0.2, 0.25) is 5.02 Å². The zero-order valence-corrected chi connectivity index (χ0v) is 31.6. The maximum Gasteiger partial charge on any atom is 0.355 e. The maximum absolute atomic E-state index is 14.0. The van der Waals surface area contributed by atoms with Gasteiger partial charge in [0, 0.05) is 73.3 Å². The predicted octanol–water partition coefficient (Wildman–Crippen LogP) is 8.10. The van der Waals surface area contributed by atoms with E-state index < -0.39 is 5.60 Å². The van der Waals surface area contributed by atoms with E-state index >= 15 is 0 Å². The number of halogens is 2. The lowest BCUT2D eigenvalue weighted by molar-refractivity contribution is -0.00339. The van der Waals surface area contributed by atoms with Gasteiger partial charge in [0.2, 0.25) is 0 Å². The summed E-state index contributed by atoms with van der Waals surface area (Å²) in [6.07, 6.45) is 4.56. The van der Waals surface area contributed by atoms with Crippen molar-refractivity contribution >= 4 is 39.2 Å². The van der Waals surface area contributed by atoms with Gasteiger partial charge in [0.15, 0.2) is 0 Å². The van der Waals surface area contributed by atoms with Crippen LogP contribution in [-0.2, 0) is 46.2 Å². The molecule has 0 unspecified atom stereocenters. The Balaban J connectivity index is 1.22. The van der Waals surface area contributed by atoms with Crippen LogP contribution >= 0.6 is 11.6 Å². The van der Waals surface area contributed by atoms with Gasteiger partial charge in [-0.3, -0.25) is 9.58 Å². The highest BCUT2D eigenvalue weighted by Gasteiger charge is 2.60. The molecule has 0 radical (unpaired) electrons. The van der Waals surface area contributed by atoms with E-state index in [1.807, 2.05) is 42.9 Å². The molecule has 5 aromatic rings. The molecule has 4 heterocycles. The number of hydrogen-bond donors (Lipinski definition) is 0. The molecule has 3 aliphatic rings. The zero-order valence-electron chi connectivity index (χ0n) is 30.9. The van der Waals surface area contributed by atoms with Crippen LogP contribution in [0.3, 0.4) is 0 Å². The Labute approximate surface area is 314 Å². The maximum atomic E-state index is 14.0. The molecule has 1 spiro atoms. The van der Waals surface area contributed by atoms with Crippen LogP contribution in [0.25, 0.3) is 32.8 Å². The van der Waals surface area contributed by atoms with E-state index in [2.05, 4.69) is 22.5 Å². The van der Waals surface area contributed by atoms with Crippen LogP contribution in [-0.4, -0.2) is 77.9 Å². The number of ether oxygens (including phenoxy) is 4. The Morgan fingerprint density at radius 1 is 1.04 bits per heavy atom. The van der Waals surface area contributed by atoms with Gasteiger partial charge in [0.05, 0.1) is 37.0 Å². The average molecular weight is 743 g/mol. The summed E-state index contributed by atoms with van der Waals surface area (Å²) in [7, 11) is 2.01. The van der Waals surface area contributed by atoms with Crippen molar-refractivity contribution in [1.82, 2.24) is 19.2 Å². The van der Waals surface area contributed by atoms with Gasteiger partial charge in [0.25, 0.3) is 0 Å². The molecule has 53 heavy (non-hydrogen) atoms. The lowest BCUT2D eigenvalue weighted by Gasteiger charge is -2.28. The molecular formula is C42H48ClFN4O5. The highest BCUT2D eigenvalue weighted by Crippen LogP contribution is 2.59. The van der Waals surface area contributed by atoms with Gasteiger partial charge in [-0.15, -0.1) is 0 Å². The number of nitrogens with zero attached hydrogens (tertiary/aromatic N) is 4. The van der Waals surface area contributed by atoms with Crippen molar-refractivity contribution in [2.45, 2.75) is 64.5 Å². The van der Waals surface area contributed by atoms with Crippen LogP contribution in [0.1, 0.15) is 67.0 Å². The van der Waals surface area contributed by atoms with Gasteiger partial charge in [-0.05, 0) is 86.7 Å². The predicted molar refractivity (Wildman–Crippen MR) is 204 cm³/mol. The third-order valence-corrected chi connectivity index (χ3v) is 11.6. The van der Waals surface area contributed by atoms with E-state index in [9.17, 15) is 9.18 Å². The molecule has 0 N–H and O–H groups in total. The van der Waals surface area contributed by atoms with Crippen LogP contribution in [0.4, 0.5) is 4.39 Å². The van der Waals surface area contributed by atoms with Crippen LogP contribution in [0, 0.1) is 11.7 Å². The summed E-state index contributed by atoms with van der Waals surface area (Å²) in [5, 5.41) is 8.51. The first-order valence-corrected chi connectivity index (χ1v) is 19.5. The second-order valence-electron chi connectivity index (χ2n) is 14.5. The number of aromatic nitrogens is 3. The molecule has 9 nitrogen and oxygen atoms in total. The summed E-state index contributed by atoms with van der Waals surface area (Å²) >= 11 is 7.32. The smallest absolute Gasteiger partial charge is 0.355 e. The van der Waals surface area contributed by atoms with Crippen molar-refractivity contribution in [1.29, 1.82) is 0 Å². The summed E-state index contributed by atoms with van der Waals surface area (Å²) in [4.78, 5) is 16.5. The molecule has 2 fully saturated rings. The van der Waals surface area contributed by atoms with E-state index in [-0.39, 0.29) is 18.4 Å². The van der Waals surface area contributed by atoms with Gasteiger partial charge in [0.1, 0.15) is 28.6 Å². The molecule has 1 saturated carbocycles. The molecule has 1 aliphatic carbocycles. The quantitative estimate of drug-likeness (QED) is 0.106. The van der Waals surface area contributed by atoms with Crippen LogP contribution in [0.15, 0.2) is 48.5 Å². The summed E-state index contributed by atoms with van der Waals surface area (Å²) in [5.74, 6) is 0.393. The molecule has 8 rings (SSSR count). The van der Waals surface area contributed by atoms with Crippen molar-refractivity contribution < 1.29 is 28.1 Å². The topological polar surface area (TPSA) is 80.0 Å². The first-order chi connectivity index (χ1) is 25.8. The SMILES string of the molecule is CCOC(=O)c1c(CCCOc2cccc3cc(F)ccc23)c2ccc(Cl)c3c2n1CCCCO[C@@]1(C[C@@H]1CN1CCOCC1)c1nn(C)c(CC)c1-3. The van der Waals surface area contributed by atoms with Crippen LogP contribution in [0.5, 0.6) is 5.75 Å². The van der Waals surface area contributed by atoms with E-state index in [1.165, 1.54) is 12.1 Å². The van der Waals surface area contributed by atoms with E-state index in [0.717, 1.165) is 108 Å². The minimum absolute atomic E-state index is 0.270. The number of carbonyl (C=O) groups excluding carboxylic acids is 1. The molecule has 11 heteroatoms. The number of carbonyl (C=O) groups is 1. The van der Waals surface area contributed by atoms with Crippen molar-refractivity contribution in [2.24, 2.45) is 13.0 Å². The van der Waals surface area contributed by atoms with Gasteiger partial charge < -0.3 is 23.5 Å². The fourth-order valence-corrected chi connectivity index (χ4v) is 8.97. The first-order valence-electron chi connectivity index (χ1n) is 19.2. The Hall–Kier alpha value is -3.96. The lowest BCUT2D eigenvalue weighted by Crippen LogP contribution is -2.38. The number of fused-ring (bicyclic) bond motifs is 4.